The molecule has 1 fully saturated rings. The monoisotopic (exact) mass is 371 g/mol. The van der Waals surface area contributed by atoms with Crippen LogP contribution in [0, 0.1) is 5.82 Å². The number of piperazine rings is 1. The molecule has 1 heterocycles. The van der Waals surface area contributed by atoms with Gasteiger partial charge in [-0.25, -0.2) is 4.39 Å². The van der Waals surface area contributed by atoms with Crippen LogP contribution in [0.25, 0.3) is 0 Å². The Balaban J connectivity index is 1.37. The molecule has 1 N–H and O–H groups in total. The first-order chi connectivity index (χ1) is 13.1. The SMILES string of the molecule is COc1cccc(CN2CCN(CCNC(=O)c3ccc(F)cc3)CC2)c1. The number of ether oxygens (including phenoxy) is 1. The van der Waals surface area contributed by atoms with E-state index in [1.54, 1.807) is 7.11 Å². The molecule has 1 aliphatic heterocycles. The molecule has 2 aromatic rings. The molecule has 5 nitrogen and oxygen atoms in total. The number of methoxy groups -OCH3 is 1. The van der Waals surface area contributed by atoms with E-state index in [-0.39, 0.29) is 11.7 Å². The summed E-state index contributed by atoms with van der Waals surface area (Å²) in [4.78, 5) is 16.8. The van der Waals surface area contributed by atoms with Crippen LogP contribution in [0.15, 0.2) is 48.5 Å². The first kappa shape index (κ1) is 19.3. The Kier molecular flexibility index (Phi) is 6.79. The highest BCUT2D eigenvalue weighted by atomic mass is 19.1. The summed E-state index contributed by atoms with van der Waals surface area (Å²) in [5.41, 5.74) is 1.74. The van der Waals surface area contributed by atoms with Crippen molar-refractivity contribution in [3.63, 3.8) is 0 Å². The third-order valence-corrected chi connectivity index (χ3v) is 4.83. The lowest BCUT2D eigenvalue weighted by Gasteiger charge is -2.34. The minimum atomic E-state index is -0.335. The Labute approximate surface area is 159 Å². The molecule has 0 bridgehead atoms. The topological polar surface area (TPSA) is 44.8 Å². The summed E-state index contributed by atoms with van der Waals surface area (Å²) in [6.45, 7) is 6.30. The minimum Gasteiger partial charge on any atom is -0.497 e. The normalized spacial score (nSPS) is 15.5. The lowest BCUT2D eigenvalue weighted by atomic mass is 10.2. The zero-order valence-corrected chi connectivity index (χ0v) is 15.7. The maximum absolute atomic E-state index is 12.9. The lowest BCUT2D eigenvalue weighted by molar-refractivity contribution is 0.0934. The smallest absolute Gasteiger partial charge is 0.251 e. The number of amides is 1. The molecular weight excluding hydrogens is 345 g/mol. The van der Waals surface area contributed by atoms with Crippen LogP contribution in [-0.2, 0) is 6.54 Å². The van der Waals surface area contributed by atoms with Crippen molar-refractivity contribution in [3.8, 4) is 5.75 Å². The number of nitrogens with one attached hydrogen (secondary N) is 1. The fraction of sp³-hybridized carbons (Fsp3) is 0.381. The molecule has 1 amide bonds. The summed E-state index contributed by atoms with van der Waals surface area (Å²) in [6, 6.07) is 13.8. The Morgan fingerprint density at radius 1 is 1.07 bits per heavy atom. The third kappa shape index (κ3) is 5.77. The highest BCUT2D eigenvalue weighted by Gasteiger charge is 2.17. The van der Waals surface area contributed by atoms with Gasteiger partial charge in [0.1, 0.15) is 11.6 Å². The van der Waals surface area contributed by atoms with Gasteiger partial charge >= 0.3 is 0 Å². The largest absolute Gasteiger partial charge is 0.497 e. The second-order valence-corrected chi connectivity index (χ2v) is 6.73. The third-order valence-electron chi connectivity index (χ3n) is 4.83. The lowest BCUT2D eigenvalue weighted by Crippen LogP contribution is -2.48. The molecule has 1 aliphatic rings. The van der Waals surface area contributed by atoms with Crippen molar-refractivity contribution in [1.82, 2.24) is 15.1 Å². The molecule has 0 aromatic heterocycles. The number of carbonyl (C=O) groups excluding carboxylic acids is 1. The fourth-order valence-electron chi connectivity index (χ4n) is 3.23. The van der Waals surface area contributed by atoms with Crippen molar-refractivity contribution in [2.75, 3.05) is 46.4 Å². The van der Waals surface area contributed by atoms with Crippen LogP contribution < -0.4 is 10.1 Å². The molecule has 1 saturated heterocycles. The second-order valence-electron chi connectivity index (χ2n) is 6.73. The predicted octanol–water partition coefficient (Wildman–Crippen LogP) is 2.38. The van der Waals surface area contributed by atoms with E-state index in [1.807, 2.05) is 12.1 Å². The number of halogens is 1. The van der Waals surface area contributed by atoms with Gasteiger partial charge in [-0.3, -0.25) is 14.6 Å². The molecule has 27 heavy (non-hydrogen) atoms. The molecule has 0 radical (unpaired) electrons. The number of hydrogen-bond acceptors (Lipinski definition) is 4. The zero-order valence-electron chi connectivity index (χ0n) is 15.7. The first-order valence-corrected chi connectivity index (χ1v) is 9.25. The summed E-state index contributed by atoms with van der Waals surface area (Å²) >= 11 is 0. The van der Waals surface area contributed by atoms with Gasteiger partial charge in [0.2, 0.25) is 0 Å². The van der Waals surface area contributed by atoms with Crippen LogP contribution >= 0.6 is 0 Å². The van der Waals surface area contributed by atoms with Gasteiger partial charge in [0.05, 0.1) is 7.11 Å². The van der Waals surface area contributed by atoms with E-state index in [0.29, 0.717) is 12.1 Å². The van der Waals surface area contributed by atoms with E-state index in [9.17, 15) is 9.18 Å². The zero-order chi connectivity index (χ0) is 19.1. The quantitative estimate of drug-likeness (QED) is 0.812. The van der Waals surface area contributed by atoms with Crippen molar-refractivity contribution in [2.45, 2.75) is 6.54 Å². The Bertz CT molecular complexity index is 743. The van der Waals surface area contributed by atoms with Gasteiger partial charge in [-0.2, -0.15) is 0 Å². The number of nitrogens with zero attached hydrogens (tertiary/aromatic N) is 2. The van der Waals surface area contributed by atoms with E-state index < -0.39 is 0 Å². The Morgan fingerprint density at radius 2 is 1.78 bits per heavy atom. The second kappa shape index (κ2) is 9.48. The van der Waals surface area contributed by atoms with Crippen LogP contribution in [-0.4, -0.2) is 62.1 Å². The van der Waals surface area contributed by atoms with Gasteiger partial charge in [-0.15, -0.1) is 0 Å². The average Bonchev–Trinajstić information content (AvgIpc) is 2.70. The van der Waals surface area contributed by atoms with Gasteiger partial charge in [-0.1, -0.05) is 12.1 Å². The minimum absolute atomic E-state index is 0.160. The van der Waals surface area contributed by atoms with E-state index in [0.717, 1.165) is 45.0 Å². The van der Waals surface area contributed by atoms with E-state index in [4.69, 9.17) is 4.74 Å². The molecular formula is C21H26FN3O2. The number of hydrogen-bond donors (Lipinski definition) is 1. The van der Waals surface area contributed by atoms with E-state index in [1.165, 1.54) is 29.8 Å². The summed E-state index contributed by atoms with van der Waals surface area (Å²) in [7, 11) is 1.69. The molecule has 0 aliphatic carbocycles. The Morgan fingerprint density at radius 3 is 2.48 bits per heavy atom. The van der Waals surface area contributed by atoms with Crippen molar-refractivity contribution in [3.05, 3.63) is 65.5 Å². The summed E-state index contributed by atoms with van der Waals surface area (Å²) in [5.74, 6) is 0.396. The van der Waals surface area contributed by atoms with Gasteiger partial charge in [0.15, 0.2) is 0 Å². The van der Waals surface area contributed by atoms with Gasteiger partial charge in [0.25, 0.3) is 5.91 Å². The predicted molar refractivity (Wildman–Crippen MR) is 103 cm³/mol. The number of benzene rings is 2. The molecule has 2 aromatic carbocycles. The van der Waals surface area contributed by atoms with Crippen molar-refractivity contribution >= 4 is 5.91 Å². The van der Waals surface area contributed by atoms with Gasteiger partial charge < -0.3 is 10.1 Å². The highest BCUT2D eigenvalue weighted by Crippen LogP contribution is 2.15. The van der Waals surface area contributed by atoms with Crippen molar-refractivity contribution in [1.29, 1.82) is 0 Å². The van der Waals surface area contributed by atoms with Crippen molar-refractivity contribution in [2.24, 2.45) is 0 Å². The van der Waals surface area contributed by atoms with Gasteiger partial charge in [0, 0.05) is 51.4 Å². The van der Waals surface area contributed by atoms with E-state index >= 15 is 0 Å². The molecule has 0 saturated carbocycles. The fourth-order valence-corrected chi connectivity index (χ4v) is 3.23. The molecule has 0 unspecified atom stereocenters. The van der Waals surface area contributed by atoms with Crippen LogP contribution in [0.1, 0.15) is 15.9 Å². The number of carbonyl (C=O) groups is 1. The van der Waals surface area contributed by atoms with E-state index in [2.05, 4.69) is 27.2 Å². The van der Waals surface area contributed by atoms with Crippen LogP contribution in [0.3, 0.4) is 0 Å². The molecule has 3 rings (SSSR count). The highest BCUT2D eigenvalue weighted by molar-refractivity contribution is 5.94. The average molecular weight is 371 g/mol. The van der Waals surface area contributed by atoms with Crippen LogP contribution in [0.2, 0.25) is 0 Å². The molecule has 0 atom stereocenters. The maximum atomic E-state index is 12.9. The maximum Gasteiger partial charge on any atom is 0.251 e. The molecule has 0 spiro atoms. The summed E-state index contributed by atoms with van der Waals surface area (Å²) < 4.78 is 18.2. The molecule has 144 valence electrons. The summed E-state index contributed by atoms with van der Waals surface area (Å²) in [6.07, 6.45) is 0. The number of rotatable bonds is 7. The van der Waals surface area contributed by atoms with Crippen molar-refractivity contribution < 1.29 is 13.9 Å². The van der Waals surface area contributed by atoms with Gasteiger partial charge in [-0.05, 0) is 42.0 Å². The van der Waals surface area contributed by atoms with Crippen LogP contribution in [0.4, 0.5) is 4.39 Å². The Hall–Kier alpha value is -2.44. The molecule has 6 heteroatoms. The summed E-state index contributed by atoms with van der Waals surface area (Å²) in [5, 5.41) is 2.90. The first-order valence-electron chi connectivity index (χ1n) is 9.25. The standard InChI is InChI=1S/C21H26FN3O2/c1-27-20-4-2-3-17(15-20)16-25-13-11-24(12-14-25)10-9-23-21(26)18-5-7-19(22)8-6-18/h2-8,15H,9-14,16H2,1H3,(H,23,26). The van der Waals surface area contributed by atoms with Crippen LogP contribution in [0.5, 0.6) is 5.75 Å².